The maximum Gasteiger partial charge on any atom is 0.123 e. The maximum atomic E-state index is 13.8. The number of nitrogens with zero attached hydrogens (tertiary/aromatic N) is 5. The molecule has 1 atom stereocenters. The summed E-state index contributed by atoms with van der Waals surface area (Å²) in [6, 6.07) is 12.3. The van der Waals surface area contributed by atoms with E-state index in [1.165, 1.54) is 31.4 Å². The largest absolute Gasteiger partial charge is 0.383 e. The molecule has 1 unspecified atom stereocenters. The van der Waals surface area contributed by atoms with Crippen molar-refractivity contribution in [1.82, 2.24) is 20.0 Å². The molecule has 40 heavy (non-hydrogen) atoms. The summed E-state index contributed by atoms with van der Waals surface area (Å²) >= 11 is 6.77. The van der Waals surface area contributed by atoms with Crippen LogP contribution >= 0.6 is 11.6 Å². The first-order valence-electron chi connectivity index (χ1n) is 13.9. The number of nitriles is 1. The third kappa shape index (κ3) is 4.90. The quantitative estimate of drug-likeness (QED) is 0.213. The van der Waals surface area contributed by atoms with E-state index in [4.69, 9.17) is 19.4 Å². The number of halogens is 2. The number of nitrogens with one attached hydrogen (secondary N) is 2. The topological polar surface area (TPSA) is 91.5 Å². The zero-order chi connectivity index (χ0) is 27.9. The van der Waals surface area contributed by atoms with Crippen molar-refractivity contribution < 1.29 is 4.39 Å². The molecule has 2 aromatic carbocycles. The van der Waals surface area contributed by atoms with Crippen LogP contribution in [0.15, 0.2) is 48.8 Å². The van der Waals surface area contributed by atoms with Gasteiger partial charge in [-0.25, -0.2) is 9.07 Å². The van der Waals surface area contributed by atoms with Crippen LogP contribution in [0.5, 0.6) is 0 Å². The van der Waals surface area contributed by atoms with Crippen molar-refractivity contribution >= 4 is 41.7 Å². The predicted molar refractivity (Wildman–Crippen MR) is 156 cm³/mol. The minimum atomic E-state index is -1.33. The molecule has 0 amide bonds. The van der Waals surface area contributed by atoms with Crippen molar-refractivity contribution in [3.05, 3.63) is 76.5 Å². The first kappa shape index (κ1) is 26.6. The summed E-state index contributed by atoms with van der Waals surface area (Å²) in [4.78, 5) is 4.50. The van der Waals surface area contributed by atoms with Crippen LogP contribution in [0.2, 0.25) is 5.02 Å². The Bertz CT molecular complexity index is 1590. The molecular weight excluding hydrogens is 524 g/mol. The van der Waals surface area contributed by atoms with Crippen molar-refractivity contribution in [1.29, 1.82) is 5.26 Å². The van der Waals surface area contributed by atoms with Crippen molar-refractivity contribution in [3.8, 4) is 6.07 Å². The van der Waals surface area contributed by atoms with E-state index in [-0.39, 0.29) is 11.2 Å². The lowest BCUT2D eigenvalue weighted by Crippen LogP contribution is -2.38. The van der Waals surface area contributed by atoms with Gasteiger partial charge in [-0.05, 0) is 67.3 Å². The molecule has 4 aromatic rings. The molecule has 0 aliphatic heterocycles. The molecule has 0 saturated heterocycles. The molecular formula is C30H30BClFN7. The molecule has 2 saturated carbocycles. The average molecular weight is 554 g/mol. The lowest BCUT2D eigenvalue weighted by atomic mass is 9.66. The first-order chi connectivity index (χ1) is 19.3. The minimum Gasteiger partial charge on any atom is -0.383 e. The number of pyridine rings is 1. The summed E-state index contributed by atoms with van der Waals surface area (Å²) in [6.07, 6.45) is 11.4. The number of hydrogen-bond donors (Lipinski definition) is 2. The van der Waals surface area contributed by atoms with Crippen LogP contribution in [0.3, 0.4) is 0 Å². The average Bonchev–Trinajstić information content (AvgIpc) is 3.65. The van der Waals surface area contributed by atoms with E-state index in [9.17, 15) is 9.65 Å². The first-order valence-corrected chi connectivity index (χ1v) is 14.2. The fourth-order valence-electron chi connectivity index (χ4n) is 5.80. The highest BCUT2D eigenvalue weighted by Crippen LogP contribution is 2.45. The van der Waals surface area contributed by atoms with E-state index < -0.39 is 5.44 Å². The molecule has 7 nitrogen and oxygen atoms in total. The molecule has 0 spiro atoms. The Kier molecular flexibility index (Phi) is 6.91. The number of fused-ring (bicyclic) bond motifs is 1. The Hall–Kier alpha value is -3.64. The van der Waals surface area contributed by atoms with E-state index in [0.717, 1.165) is 37.6 Å². The molecule has 2 heterocycles. The zero-order valence-electron chi connectivity index (χ0n) is 22.4. The Balaban J connectivity index is 1.41. The normalized spacial score (nSPS) is 17.6. The lowest BCUT2D eigenvalue weighted by Gasteiger charge is -2.42. The molecule has 202 valence electrons. The fourth-order valence-corrected chi connectivity index (χ4v) is 6.07. The Morgan fingerprint density at radius 1 is 1.25 bits per heavy atom. The zero-order valence-corrected chi connectivity index (χ0v) is 23.2. The van der Waals surface area contributed by atoms with Crippen LogP contribution in [-0.2, 0) is 5.44 Å². The monoisotopic (exact) mass is 553 g/mol. The SMILES string of the molecule is [B]C(Nc1cc(Cl)c2ncc(C#N)c(NCC3(CCC)CCC3)c2c1)(c1ccc(F)cc1)c1cn(C2CC2)nn1. The molecule has 0 bridgehead atoms. The van der Waals surface area contributed by atoms with E-state index >= 15 is 0 Å². The van der Waals surface area contributed by atoms with Crippen molar-refractivity contribution in [2.45, 2.75) is 63.3 Å². The molecule has 6 rings (SSSR count). The van der Waals surface area contributed by atoms with Crippen LogP contribution in [-0.4, -0.2) is 34.4 Å². The van der Waals surface area contributed by atoms with E-state index in [1.807, 2.05) is 16.9 Å². The van der Waals surface area contributed by atoms with Gasteiger partial charge in [-0.1, -0.05) is 48.7 Å². The molecule has 2 radical (unpaired) electrons. The Morgan fingerprint density at radius 2 is 2.02 bits per heavy atom. The van der Waals surface area contributed by atoms with Crippen molar-refractivity contribution in [2.75, 3.05) is 17.2 Å². The van der Waals surface area contributed by atoms with Crippen LogP contribution in [0.25, 0.3) is 10.9 Å². The van der Waals surface area contributed by atoms with Gasteiger partial charge in [-0.15, -0.1) is 5.10 Å². The third-order valence-electron chi connectivity index (χ3n) is 8.36. The molecule has 2 aliphatic carbocycles. The smallest absolute Gasteiger partial charge is 0.123 e. The van der Waals surface area contributed by atoms with Crippen molar-refractivity contribution in [3.63, 3.8) is 0 Å². The predicted octanol–water partition coefficient (Wildman–Crippen LogP) is 6.69. The van der Waals surface area contributed by atoms with Gasteiger partial charge < -0.3 is 10.6 Å². The van der Waals surface area contributed by atoms with Gasteiger partial charge in [-0.2, -0.15) is 5.26 Å². The van der Waals surface area contributed by atoms with Gasteiger partial charge in [0.1, 0.15) is 25.4 Å². The van der Waals surface area contributed by atoms with Gasteiger partial charge in [0.25, 0.3) is 0 Å². The second kappa shape index (κ2) is 10.4. The van der Waals surface area contributed by atoms with E-state index in [1.54, 1.807) is 24.4 Å². The van der Waals surface area contributed by atoms with Crippen molar-refractivity contribution in [2.24, 2.45) is 5.41 Å². The standard InChI is InChI=1S/C30H30BClFN7/c1-2-10-29(11-3-12-29)18-36-27-19(15-34)16-35-28-24(27)13-22(14-25(28)32)37-30(31,20-4-6-21(33)7-5-20)26-17-40(39-38-26)23-8-9-23/h4-7,13-14,16-17,23,37H,2-3,8-12,18H2,1H3,(H,35,36). The number of hydrogen-bond acceptors (Lipinski definition) is 6. The summed E-state index contributed by atoms with van der Waals surface area (Å²) in [5, 5.41) is 26.8. The van der Waals surface area contributed by atoms with Gasteiger partial charge in [0.15, 0.2) is 0 Å². The molecule has 2 N–H and O–H groups in total. The van der Waals surface area contributed by atoms with Crippen LogP contribution in [0.1, 0.15) is 74.7 Å². The van der Waals surface area contributed by atoms with Gasteiger partial charge in [0.2, 0.25) is 0 Å². The van der Waals surface area contributed by atoms with Gasteiger partial charge >= 0.3 is 0 Å². The summed E-state index contributed by atoms with van der Waals surface area (Å²) in [5.41, 5.74) is 2.40. The summed E-state index contributed by atoms with van der Waals surface area (Å²) in [5.74, 6) is -0.361. The van der Waals surface area contributed by atoms with Gasteiger partial charge in [0, 0.05) is 23.8 Å². The summed E-state index contributed by atoms with van der Waals surface area (Å²) in [7, 11) is 7.04. The highest BCUT2D eigenvalue weighted by Gasteiger charge is 2.36. The molecule has 2 fully saturated rings. The summed E-state index contributed by atoms with van der Waals surface area (Å²) in [6.45, 7) is 2.99. The number of benzene rings is 2. The second-order valence-electron chi connectivity index (χ2n) is 11.2. The number of rotatable bonds is 10. The molecule has 2 aliphatic rings. The Labute approximate surface area is 239 Å². The minimum absolute atomic E-state index is 0.249. The van der Waals surface area contributed by atoms with E-state index in [2.05, 4.69) is 38.9 Å². The molecule has 10 heteroatoms. The second-order valence-corrected chi connectivity index (χ2v) is 11.6. The lowest BCUT2D eigenvalue weighted by molar-refractivity contribution is 0.136. The van der Waals surface area contributed by atoms with E-state index in [0.29, 0.717) is 44.8 Å². The molecule has 2 aromatic heterocycles. The van der Waals surface area contributed by atoms with Gasteiger partial charge in [0.05, 0.1) is 39.5 Å². The highest BCUT2D eigenvalue weighted by molar-refractivity contribution is 6.36. The third-order valence-corrected chi connectivity index (χ3v) is 8.64. The van der Waals surface area contributed by atoms with Gasteiger partial charge in [-0.3, -0.25) is 4.98 Å². The Morgan fingerprint density at radius 3 is 2.67 bits per heavy atom. The summed E-state index contributed by atoms with van der Waals surface area (Å²) < 4.78 is 15.7. The fraction of sp³-hybridized carbons (Fsp3) is 0.400. The van der Waals surface area contributed by atoms with Crippen LogP contribution < -0.4 is 10.6 Å². The number of aromatic nitrogens is 4. The maximum absolute atomic E-state index is 13.8. The number of anilines is 2. The van der Waals surface area contributed by atoms with Crippen LogP contribution in [0.4, 0.5) is 15.8 Å². The highest BCUT2D eigenvalue weighted by atomic mass is 35.5. The van der Waals surface area contributed by atoms with Crippen LogP contribution in [0, 0.1) is 22.6 Å².